The van der Waals surface area contributed by atoms with Crippen LogP contribution >= 0.6 is 0 Å². The van der Waals surface area contributed by atoms with Crippen LogP contribution in [-0.4, -0.2) is 18.6 Å². The molecule has 0 heterocycles. The minimum absolute atomic E-state index is 0.00525. The third-order valence-corrected chi connectivity index (χ3v) is 6.73. The van der Waals surface area contributed by atoms with Crippen LogP contribution < -0.4 is 10.1 Å². The van der Waals surface area contributed by atoms with Gasteiger partial charge in [0.15, 0.2) is 6.10 Å². The third-order valence-electron chi connectivity index (χ3n) is 6.73. The largest absolute Gasteiger partial charge is 0.481 e. The Morgan fingerprint density at radius 2 is 1.14 bits per heavy atom. The molecule has 0 saturated heterocycles. The topological polar surface area (TPSA) is 38.3 Å². The summed E-state index contributed by atoms with van der Waals surface area (Å²) in [5.41, 5.74) is 2.32. The van der Waals surface area contributed by atoms with Gasteiger partial charge in [-0.05, 0) is 36.1 Å². The third kappa shape index (κ3) is 12.8. The molecule has 0 radical (unpaired) electrons. The first-order chi connectivity index (χ1) is 17.2. The average Bonchev–Trinajstić information content (AvgIpc) is 2.90. The van der Waals surface area contributed by atoms with E-state index in [-0.39, 0.29) is 5.91 Å². The van der Waals surface area contributed by atoms with Crippen LogP contribution in [-0.2, 0) is 4.79 Å². The SMILES string of the molecule is CCCCCCCCCCCCCCCCNC(=O)C(CC)Oc1ccc(-c2ccccc2)cc1. The normalized spacial score (nSPS) is 11.8. The van der Waals surface area contributed by atoms with Gasteiger partial charge in [0.05, 0.1) is 0 Å². The van der Waals surface area contributed by atoms with E-state index in [0.29, 0.717) is 6.42 Å². The van der Waals surface area contributed by atoms with Gasteiger partial charge in [-0.3, -0.25) is 4.79 Å². The molecule has 2 aromatic carbocycles. The number of amides is 1. The number of nitrogens with one attached hydrogen (secondary N) is 1. The Hall–Kier alpha value is -2.29. The lowest BCUT2D eigenvalue weighted by Crippen LogP contribution is -2.38. The lowest BCUT2D eigenvalue weighted by molar-refractivity contribution is -0.128. The first-order valence-corrected chi connectivity index (χ1v) is 14.3. The Bertz CT molecular complexity index is 772. The predicted octanol–water partition coefficient (Wildman–Crippen LogP) is 9.11. The van der Waals surface area contributed by atoms with E-state index in [0.717, 1.165) is 24.3 Å². The number of hydrogen-bond acceptors (Lipinski definition) is 2. The number of ether oxygens (including phenoxy) is 1. The smallest absolute Gasteiger partial charge is 0.261 e. The van der Waals surface area contributed by atoms with E-state index in [1.165, 1.54) is 89.0 Å². The van der Waals surface area contributed by atoms with Crippen molar-refractivity contribution >= 4 is 5.91 Å². The number of carbonyl (C=O) groups excluding carboxylic acids is 1. The van der Waals surface area contributed by atoms with Crippen LogP contribution in [0.2, 0.25) is 0 Å². The van der Waals surface area contributed by atoms with E-state index in [1.54, 1.807) is 0 Å². The number of hydrogen-bond donors (Lipinski definition) is 1. The average molecular weight is 480 g/mol. The van der Waals surface area contributed by atoms with Crippen molar-refractivity contribution in [3.05, 3.63) is 54.6 Å². The zero-order chi connectivity index (χ0) is 25.0. The fourth-order valence-electron chi connectivity index (χ4n) is 4.49. The molecule has 0 aliphatic carbocycles. The van der Waals surface area contributed by atoms with E-state index in [2.05, 4.69) is 24.4 Å². The summed E-state index contributed by atoms with van der Waals surface area (Å²) in [6.45, 7) is 5.01. The molecule has 3 heteroatoms. The second-order valence-corrected chi connectivity index (χ2v) is 9.79. The molecule has 0 aliphatic heterocycles. The molecule has 0 bridgehead atoms. The Morgan fingerprint density at radius 3 is 1.66 bits per heavy atom. The summed E-state index contributed by atoms with van der Waals surface area (Å²) in [6, 6.07) is 18.3. The van der Waals surface area contributed by atoms with Crippen LogP contribution in [0.5, 0.6) is 5.75 Å². The summed E-state index contributed by atoms with van der Waals surface area (Å²) in [5.74, 6) is 0.734. The highest BCUT2D eigenvalue weighted by atomic mass is 16.5. The predicted molar refractivity (Wildman–Crippen MR) is 150 cm³/mol. The van der Waals surface area contributed by atoms with Gasteiger partial charge in [0.1, 0.15) is 5.75 Å². The molecule has 0 spiro atoms. The van der Waals surface area contributed by atoms with Crippen LogP contribution in [0.1, 0.15) is 110 Å². The minimum Gasteiger partial charge on any atom is -0.481 e. The molecule has 1 atom stereocenters. The fourth-order valence-corrected chi connectivity index (χ4v) is 4.49. The summed E-state index contributed by atoms with van der Waals surface area (Å²) in [5, 5.41) is 3.07. The molecule has 1 amide bonds. The lowest BCUT2D eigenvalue weighted by atomic mass is 10.0. The molecule has 1 N–H and O–H groups in total. The lowest BCUT2D eigenvalue weighted by Gasteiger charge is -2.17. The fraction of sp³-hybridized carbons (Fsp3) is 0.594. The highest BCUT2D eigenvalue weighted by molar-refractivity contribution is 5.81. The quantitative estimate of drug-likeness (QED) is 0.192. The maximum absolute atomic E-state index is 12.6. The maximum atomic E-state index is 12.6. The van der Waals surface area contributed by atoms with Crippen molar-refractivity contribution in [3.63, 3.8) is 0 Å². The number of rotatable bonds is 20. The van der Waals surface area contributed by atoms with Crippen LogP contribution in [0, 0.1) is 0 Å². The van der Waals surface area contributed by atoms with Gasteiger partial charge in [-0.2, -0.15) is 0 Å². The van der Waals surface area contributed by atoms with E-state index in [4.69, 9.17) is 4.74 Å². The monoisotopic (exact) mass is 479 g/mol. The zero-order valence-corrected chi connectivity index (χ0v) is 22.4. The summed E-state index contributed by atoms with van der Waals surface area (Å²) < 4.78 is 5.98. The van der Waals surface area contributed by atoms with E-state index < -0.39 is 6.10 Å². The molecule has 194 valence electrons. The van der Waals surface area contributed by atoms with Crippen LogP contribution in [0.25, 0.3) is 11.1 Å². The molecule has 0 aromatic heterocycles. The molecule has 3 nitrogen and oxygen atoms in total. The standard InChI is InChI=1S/C32H49NO2/c1-3-5-6-7-8-9-10-11-12-13-14-15-16-20-27-33-32(34)31(4-2)35-30-25-23-29(24-26-30)28-21-18-17-19-22-28/h17-19,21-26,31H,3-16,20,27H2,1-2H3,(H,33,34). The second kappa shape index (κ2) is 19.0. The van der Waals surface area contributed by atoms with Crippen LogP contribution in [0.15, 0.2) is 54.6 Å². The van der Waals surface area contributed by atoms with Gasteiger partial charge in [0.25, 0.3) is 5.91 Å². The molecular weight excluding hydrogens is 430 g/mol. The van der Waals surface area contributed by atoms with Crippen molar-refractivity contribution < 1.29 is 9.53 Å². The van der Waals surface area contributed by atoms with Gasteiger partial charge in [-0.15, -0.1) is 0 Å². The molecular formula is C32H49NO2. The Balaban J connectivity index is 1.49. The Morgan fingerprint density at radius 1 is 0.657 bits per heavy atom. The first-order valence-electron chi connectivity index (χ1n) is 14.3. The van der Waals surface area contributed by atoms with E-state index in [9.17, 15) is 4.79 Å². The zero-order valence-electron chi connectivity index (χ0n) is 22.4. The number of carbonyl (C=O) groups is 1. The van der Waals surface area contributed by atoms with Crippen LogP contribution in [0.4, 0.5) is 0 Å². The van der Waals surface area contributed by atoms with Crippen molar-refractivity contribution in [1.82, 2.24) is 5.32 Å². The molecule has 2 rings (SSSR count). The van der Waals surface area contributed by atoms with Crippen molar-refractivity contribution in [3.8, 4) is 16.9 Å². The first kappa shape index (κ1) is 28.9. The minimum atomic E-state index is -0.441. The summed E-state index contributed by atoms with van der Waals surface area (Å²) in [6.07, 6.45) is 19.0. The van der Waals surface area contributed by atoms with Gasteiger partial charge in [0, 0.05) is 6.54 Å². The van der Waals surface area contributed by atoms with Crippen molar-refractivity contribution in [2.24, 2.45) is 0 Å². The molecule has 35 heavy (non-hydrogen) atoms. The highest BCUT2D eigenvalue weighted by Gasteiger charge is 2.17. The summed E-state index contributed by atoms with van der Waals surface area (Å²) in [4.78, 5) is 12.6. The van der Waals surface area contributed by atoms with Crippen LogP contribution in [0.3, 0.4) is 0 Å². The van der Waals surface area contributed by atoms with Crippen molar-refractivity contribution in [1.29, 1.82) is 0 Å². The number of benzene rings is 2. The summed E-state index contributed by atoms with van der Waals surface area (Å²) in [7, 11) is 0. The maximum Gasteiger partial charge on any atom is 0.261 e. The van der Waals surface area contributed by atoms with Gasteiger partial charge < -0.3 is 10.1 Å². The molecule has 0 saturated carbocycles. The van der Waals surface area contributed by atoms with Gasteiger partial charge in [-0.25, -0.2) is 0 Å². The second-order valence-electron chi connectivity index (χ2n) is 9.79. The molecule has 0 fully saturated rings. The Labute approximate surface area is 215 Å². The molecule has 2 aromatic rings. The molecule has 1 unspecified atom stereocenters. The van der Waals surface area contributed by atoms with Crippen molar-refractivity contribution in [2.45, 2.75) is 116 Å². The van der Waals surface area contributed by atoms with Crippen molar-refractivity contribution in [2.75, 3.05) is 6.54 Å². The summed E-state index contributed by atoms with van der Waals surface area (Å²) >= 11 is 0. The Kier molecular flexibility index (Phi) is 15.7. The van der Waals surface area contributed by atoms with Gasteiger partial charge in [0.2, 0.25) is 0 Å². The van der Waals surface area contributed by atoms with E-state index in [1.807, 2.05) is 49.4 Å². The van der Waals surface area contributed by atoms with Gasteiger partial charge >= 0.3 is 0 Å². The number of unbranched alkanes of at least 4 members (excludes halogenated alkanes) is 13. The van der Waals surface area contributed by atoms with Gasteiger partial charge in [-0.1, -0.05) is 140 Å². The highest BCUT2D eigenvalue weighted by Crippen LogP contribution is 2.23. The van der Waals surface area contributed by atoms with E-state index >= 15 is 0 Å². The molecule has 0 aliphatic rings.